The maximum Gasteiger partial charge on any atom is 0.101 e. The van der Waals surface area contributed by atoms with Crippen molar-refractivity contribution in [2.75, 3.05) is 0 Å². The minimum atomic E-state index is 0.168. The number of nitrogens with one attached hydrogen (secondary N) is 1. The summed E-state index contributed by atoms with van der Waals surface area (Å²) in [6, 6.07) is 17.6. The molecule has 0 unspecified atom stereocenters. The zero-order valence-corrected chi connectivity index (χ0v) is 11.3. The topological polar surface area (TPSA) is 24.4 Å². The van der Waals surface area contributed by atoms with Crippen molar-refractivity contribution in [1.29, 1.82) is 0 Å². The second-order valence-electron chi connectivity index (χ2n) is 5.20. The van der Waals surface area contributed by atoms with Gasteiger partial charge in [-0.15, -0.1) is 0 Å². The number of benzene rings is 2. The highest BCUT2D eigenvalue weighted by Gasteiger charge is 2.26. The number of nitrogens with zero attached hydrogens (tertiary/aromatic N) is 1. The molecule has 2 nitrogen and oxygen atoms in total. The van der Waals surface area contributed by atoms with Crippen LogP contribution >= 0.6 is 0 Å². The molecule has 1 N–H and O–H groups in total. The standard InChI is InChI=1S/C17H18N2/c1-12-5-3-7-14(9-12)16-17(19-11-18-16)15-8-4-6-13(2)10-15/h3-11,16-17H,1-2H3,(H,18,19)/t16-,17+. The summed E-state index contributed by atoms with van der Waals surface area (Å²) in [7, 11) is 0. The molecular formula is C17H18N2. The zero-order valence-electron chi connectivity index (χ0n) is 11.3. The number of hydrogen-bond acceptors (Lipinski definition) is 2. The number of hydrogen-bond donors (Lipinski definition) is 1. The van der Waals surface area contributed by atoms with Gasteiger partial charge in [0.15, 0.2) is 0 Å². The van der Waals surface area contributed by atoms with Gasteiger partial charge in [-0.1, -0.05) is 59.7 Å². The van der Waals surface area contributed by atoms with Crippen molar-refractivity contribution in [3.05, 3.63) is 70.8 Å². The van der Waals surface area contributed by atoms with Gasteiger partial charge in [-0.25, -0.2) is 0 Å². The van der Waals surface area contributed by atoms with Gasteiger partial charge in [0.25, 0.3) is 0 Å². The van der Waals surface area contributed by atoms with Crippen LogP contribution in [0.4, 0.5) is 0 Å². The molecule has 19 heavy (non-hydrogen) atoms. The molecule has 1 aliphatic heterocycles. The highest BCUT2D eigenvalue weighted by atomic mass is 15.1. The predicted octanol–water partition coefficient (Wildman–Crippen LogP) is 3.72. The van der Waals surface area contributed by atoms with Gasteiger partial charge in [0.2, 0.25) is 0 Å². The molecule has 3 rings (SSSR count). The summed E-state index contributed by atoms with van der Waals surface area (Å²) in [4.78, 5) is 4.60. The fourth-order valence-corrected chi connectivity index (χ4v) is 2.66. The molecule has 0 saturated carbocycles. The van der Waals surface area contributed by atoms with E-state index in [9.17, 15) is 0 Å². The molecule has 0 fully saturated rings. The van der Waals surface area contributed by atoms with E-state index >= 15 is 0 Å². The Bertz CT molecular complexity index is 616. The number of aliphatic imine (C=N–C) groups is 1. The lowest BCUT2D eigenvalue weighted by atomic mass is 9.93. The average Bonchev–Trinajstić information content (AvgIpc) is 2.88. The van der Waals surface area contributed by atoms with Crippen LogP contribution in [0.5, 0.6) is 0 Å². The second-order valence-corrected chi connectivity index (χ2v) is 5.20. The molecule has 2 heteroatoms. The van der Waals surface area contributed by atoms with Crippen LogP contribution in [0.2, 0.25) is 0 Å². The van der Waals surface area contributed by atoms with E-state index in [0.29, 0.717) is 0 Å². The van der Waals surface area contributed by atoms with Crippen molar-refractivity contribution >= 4 is 6.34 Å². The van der Waals surface area contributed by atoms with Crippen molar-refractivity contribution in [3.63, 3.8) is 0 Å². The number of rotatable bonds is 2. The van der Waals surface area contributed by atoms with Gasteiger partial charge < -0.3 is 5.32 Å². The Hall–Kier alpha value is -2.09. The smallest absolute Gasteiger partial charge is 0.101 e. The third-order valence-corrected chi connectivity index (χ3v) is 3.59. The quantitative estimate of drug-likeness (QED) is 0.863. The molecule has 0 spiro atoms. The van der Waals surface area contributed by atoms with Crippen LogP contribution in [0.25, 0.3) is 0 Å². The minimum Gasteiger partial charge on any atom is -0.367 e. The lowest BCUT2D eigenvalue weighted by Crippen LogP contribution is -2.18. The van der Waals surface area contributed by atoms with Crippen molar-refractivity contribution < 1.29 is 0 Å². The summed E-state index contributed by atoms with van der Waals surface area (Å²) in [5, 5.41) is 3.38. The van der Waals surface area contributed by atoms with E-state index in [0.717, 1.165) is 0 Å². The summed E-state index contributed by atoms with van der Waals surface area (Å²) in [5.41, 5.74) is 5.13. The summed E-state index contributed by atoms with van der Waals surface area (Å²) >= 11 is 0. The molecule has 1 aliphatic rings. The first-order valence-electron chi connectivity index (χ1n) is 6.65. The normalized spacial score (nSPS) is 21.4. The van der Waals surface area contributed by atoms with E-state index in [1.54, 1.807) is 0 Å². The Kier molecular flexibility index (Phi) is 3.08. The van der Waals surface area contributed by atoms with Crippen LogP contribution in [0.3, 0.4) is 0 Å². The van der Waals surface area contributed by atoms with E-state index in [-0.39, 0.29) is 12.1 Å². The second kappa shape index (κ2) is 4.88. The van der Waals surface area contributed by atoms with Gasteiger partial charge >= 0.3 is 0 Å². The molecule has 0 radical (unpaired) electrons. The highest BCUT2D eigenvalue weighted by molar-refractivity contribution is 5.60. The molecule has 0 amide bonds. The van der Waals surface area contributed by atoms with Crippen molar-refractivity contribution in [3.8, 4) is 0 Å². The molecular weight excluding hydrogens is 232 g/mol. The van der Waals surface area contributed by atoms with E-state index in [2.05, 4.69) is 72.7 Å². The Morgan fingerprint density at radius 2 is 1.53 bits per heavy atom. The van der Waals surface area contributed by atoms with Gasteiger partial charge in [-0.2, -0.15) is 0 Å². The first-order chi connectivity index (χ1) is 9.24. The van der Waals surface area contributed by atoms with Crippen LogP contribution in [0, 0.1) is 13.8 Å². The SMILES string of the molecule is Cc1cccc([C@H]2N=CN[C@H]2c2cccc(C)c2)c1. The molecule has 2 aromatic rings. The van der Waals surface area contributed by atoms with Crippen molar-refractivity contribution in [1.82, 2.24) is 5.32 Å². The Balaban J connectivity index is 1.95. The Morgan fingerprint density at radius 1 is 0.895 bits per heavy atom. The largest absolute Gasteiger partial charge is 0.367 e. The summed E-state index contributed by atoms with van der Waals surface area (Å²) in [6.45, 7) is 4.25. The molecule has 0 bridgehead atoms. The van der Waals surface area contributed by atoms with E-state index in [1.165, 1.54) is 22.3 Å². The lowest BCUT2D eigenvalue weighted by molar-refractivity contribution is 0.573. The monoisotopic (exact) mass is 250 g/mol. The third kappa shape index (κ3) is 2.39. The van der Waals surface area contributed by atoms with Crippen LogP contribution in [0.1, 0.15) is 34.3 Å². The van der Waals surface area contributed by atoms with E-state index in [1.807, 2.05) is 6.34 Å². The first-order valence-corrected chi connectivity index (χ1v) is 6.65. The van der Waals surface area contributed by atoms with Crippen LogP contribution in [-0.4, -0.2) is 6.34 Å². The van der Waals surface area contributed by atoms with Crippen LogP contribution in [-0.2, 0) is 0 Å². The molecule has 2 atom stereocenters. The lowest BCUT2D eigenvalue weighted by Gasteiger charge is -2.20. The third-order valence-electron chi connectivity index (χ3n) is 3.59. The molecule has 0 aliphatic carbocycles. The van der Waals surface area contributed by atoms with Gasteiger partial charge in [0, 0.05) is 0 Å². The molecule has 0 saturated heterocycles. The molecule has 1 heterocycles. The maximum absolute atomic E-state index is 4.60. The summed E-state index contributed by atoms with van der Waals surface area (Å²) < 4.78 is 0. The van der Waals surface area contributed by atoms with E-state index in [4.69, 9.17) is 0 Å². The predicted molar refractivity (Wildman–Crippen MR) is 79.5 cm³/mol. The maximum atomic E-state index is 4.60. The summed E-state index contributed by atoms with van der Waals surface area (Å²) in [5.74, 6) is 0. The van der Waals surface area contributed by atoms with Gasteiger partial charge in [0.05, 0.1) is 12.4 Å². The first kappa shape index (κ1) is 12.0. The molecule has 96 valence electrons. The fourth-order valence-electron chi connectivity index (χ4n) is 2.66. The average molecular weight is 250 g/mol. The molecule has 2 aromatic carbocycles. The van der Waals surface area contributed by atoms with Crippen LogP contribution in [0.15, 0.2) is 53.5 Å². The van der Waals surface area contributed by atoms with Gasteiger partial charge in [-0.05, 0) is 25.0 Å². The van der Waals surface area contributed by atoms with E-state index < -0.39 is 0 Å². The van der Waals surface area contributed by atoms with Gasteiger partial charge in [0.1, 0.15) is 6.04 Å². The Morgan fingerprint density at radius 3 is 2.21 bits per heavy atom. The highest BCUT2D eigenvalue weighted by Crippen LogP contribution is 2.35. The fraction of sp³-hybridized carbons (Fsp3) is 0.235. The van der Waals surface area contributed by atoms with Crippen molar-refractivity contribution in [2.45, 2.75) is 25.9 Å². The van der Waals surface area contributed by atoms with Crippen molar-refractivity contribution in [2.24, 2.45) is 4.99 Å². The summed E-state index contributed by atoms with van der Waals surface area (Å²) in [6.07, 6.45) is 1.83. The zero-order chi connectivity index (χ0) is 13.2. The molecule has 0 aromatic heterocycles. The Labute approximate surface area is 114 Å². The number of aryl methyl sites for hydroxylation is 2. The minimum absolute atomic E-state index is 0.168. The van der Waals surface area contributed by atoms with Crippen LogP contribution < -0.4 is 5.32 Å². The van der Waals surface area contributed by atoms with Gasteiger partial charge in [-0.3, -0.25) is 4.99 Å².